The Hall–Kier alpha value is -2.64. The average molecular weight is 294 g/mol. The van der Waals surface area contributed by atoms with Gasteiger partial charge in [0.1, 0.15) is 12.6 Å². The third kappa shape index (κ3) is 4.44. The number of hydrogen-bond donors (Lipinski definition) is 2. The van der Waals surface area contributed by atoms with Crippen LogP contribution in [0.5, 0.6) is 0 Å². The summed E-state index contributed by atoms with van der Waals surface area (Å²) < 4.78 is 0. The standard InChI is InChI=1S/C18H19N3O/c1-2-21(13-15-8-4-3-5-9-15)14-18(22)20-17-11-7-6-10-16(17)12-19/h3-11H,2,13-14H2,1H3,(H,20,22)/p+1. The lowest BCUT2D eigenvalue weighted by Gasteiger charge is -2.17. The molecule has 1 atom stereocenters. The van der Waals surface area contributed by atoms with Gasteiger partial charge in [0, 0.05) is 5.56 Å². The van der Waals surface area contributed by atoms with Gasteiger partial charge in [-0.15, -0.1) is 0 Å². The SMILES string of the molecule is CC[NH+](CC(=O)Nc1ccccc1C#N)Cc1ccccc1. The normalized spacial score (nSPS) is 11.5. The van der Waals surface area contributed by atoms with E-state index < -0.39 is 0 Å². The molecule has 1 amide bonds. The van der Waals surface area contributed by atoms with Gasteiger partial charge < -0.3 is 10.2 Å². The maximum atomic E-state index is 12.2. The second-order valence-corrected chi connectivity index (χ2v) is 5.15. The first kappa shape index (κ1) is 15.7. The topological polar surface area (TPSA) is 57.3 Å². The van der Waals surface area contributed by atoms with Gasteiger partial charge in [-0.05, 0) is 19.1 Å². The zero-order chi connectivity index (χ0) is 15.8. The number of carbonyl (C=O) groups excluding carboxylic acids is 1. The van der Waals surface area contributed by atoms with E-state index in [-0.39, 0.29) is 5.91 Å². The summed E-state index contributed by atoms with van der Waals surface area (Å²) in [6.07, 6.45) is 0. The number of nitriles is 1. The summed E-state index contributed by atoms with van der Waals surface area (Å²) in [6.45, 7) is 4.12. The molecular formula is C18H20N3O+. The van der Waals surface area contributed by atoms with Gasteiger partial charge in [-0.2, -0.15) is 5.26 Å². The molecule has 2 aromatic carbocycles. The maximum absolute atomic E-state index is 12.2. The fraction of sp³-hybridized carbons (Fsp3) is 0.222. The molecule has 0 aliphatic carbocycles. The highest BCUT2D eigenvalue weighted by Crippen LogP contribution is 2.12. The summed E-state index contributed by atoms with van der Waals surface area (Å²) in [5.74, 6) is -0.0736. The lowest BCUT2D eigenvalue weighted by molar-refractivity contribution is -0.903. The van der Waals surface area contributed by atoms with Crippen LogP contribution in [0.15, 0.2) is 54.6 Å². The second-order valence-electron chi connectivity index (χ2n) is 5.15. The number of nitrogens with zero attached hydrogens (tertiary/aromatic N) is 1. The summed E-state index contributed by atoms with van der Waals surface area (Å²) >= 11 is 0. The van der Waals surface area contributed by atoms with Crippen LogP contribution in [0, 0.1) is 11.3 Å². The molecule has 22 heavy (non-hydrogen) atoms. The van der Waals surface area contributed by atoms with E-state index in [0.29, 0.717) is 17.8 Å². The molecule has 1 unspecified atom stereocenters. The second kappa shape index (κ2) is 7.96. The van der Waals surface area contributed by atoms with Crippen molar-refractivity contribution in [3.63, 3.8) is 0 Å². The van der Waals surface area contributed by atoms with E-state index >= 15 is 0 Å². The molecule has 112 valence electrons. The Morgan fingerprint density at radius 1 is 1.14 bits per heavy atom. The molecule has 0 saturated heterocycles. The largest absolute Gasteiger partial charge is 0.324 e. The molecule has 0 bridgehead atoms. The Labute approximate surface area is 131 Å². The number of rotatable bonds is 6. The van der Waals surface area contributed by atoms with Crippen LogP contribution in [0.1, 0.15) is 18.1 Å². The van der Waals surface area contributed by atoms with Crippen molar-refractivity contribution in [2.24, 2.45) is 0 Å². The molecule has 4 heteroatoms. The number of amides is 1. The summed E-state index contributed by atoms with van der Waals surface area (Å²) in [7, 11) is 0. The lowest BCUT2D eigenvalue weighted by atomic mass is 10.2. The van der Waals surface area contributed by atoms with Crippen molar-refractivity contribution in [1.82, 2.24) is 0 Å². The van der Waals surface area contributed by atoms with Crippen LogP contribution in [0.3, 0.4) is 0 Å². The van der Waals surface area contributed by atoms with Gasteiger partial charge in [0.2, 0.25) is 0 Å². The zero-order valence-electron chi connectivity index (χ0n) is 12.7. The zero-order valence-corrected chi connectivity index (χ0v) is 12.7. The molecule has 0 spiro atoms. The van der Waals surface area contributed by atoms with Crippen molar-refractivity contribution in [2.75, 3.05) is 18.4 Å². The van der Waals surface area contributed by atoms with E-state index in [0.717, 1.165) is 13.1 Å². The number of para-hydroxylation sites is 1. The molecular weight excluding hydrogens is 274 g/mol. The van der Waals surface area contributed by atoms with Gasteiger partial charge in [0.15, 0.2) is 6.54 Å². The molecule has 0 fully saturated rings. The van der Waals surface area contributed by atoms with Crippen molar-refractivity contribution in [3.8, 4) is 6.07 Å². The van der Waals surface area contributed by atoms with Crippen molar-refractivity contribution in [2.45, 2.75) is 13.5 Å². The van der Waals surface area contributed by atoms with Crippen LogP contribution in [-0.2, 0) is 11.3 Å². The van der Waals surface area contributed by atoms with Crippen LogP contribution in [-0.4, -0.2) is 19.0 Å². The van der Waals surface area contributed by atoms with Crippen LogP contribution in [0.2, 0.25) is 0 Å². The summed E-state index contributed by atoms with van der Waals surface area (Å²) in [5, 5.41) is 11.9. The number of anilines is 1. The van der Waals surface area contributed by atoms with Crippen LogP contribution in [0.25, 0.3) is 0 Å². The first-order chi connectivity index (χ1) is 10.7. The average Bonchev–Trinajstić information content (AvgIpc) is 2.55. The minimum atomic E-state index is -0.0736. The van der Waals surface area contributed by atoms with Crippen molar-refractivity contribution < 1.29 is 9.69 Å². The molecule has 0 heterocycles. The number of quaternary nitrogens is 1. The van der Waals surface area contributed by atoms with Crippen molar-refractivity contribution in [3.05, 3.63) is 65.7 Å². The van der Waals surface area contributed by atoms with E-state index in [1.54, 1.807) is 18.2 Å². The predicted molar refractivity (Wildman–Crippen MR) is 86.3 cm³/mol. The van der Waals surface area contributed by atoms with E-state index in [4.69, 9.17) is 5.26 Å². The molecule has 0 saturated carbocycles. The van der Waals surface area contributed by atoms with Crippen LogP contribution < -0.4 is 10.2 Å². The van der Waals surface area contributed by atoms with Crippen LogP contribution in [0.4, 0.5) is 5.69 Å². The van der Waals surface area contributed by atoms with Gasteiger partial charge in [-0.3, -0.25) is 4.79 Å². The van der Waals surface area contributed by atoms with Gasteiger partial charge in [-0.1, -0.05) is 42.5 Å². The molecule has 2 N–H and O–H groups in total. The molecule has 2 aromatic rings. The number of carbonyl (C=O) groups is 1. The van der Waals surface area contributed by atoms with Gasteiger partial charge >= 0.3 is 0 Å². The maximum Gasteiger partial charge on any atom is 0.279 e. The van der Waals surface area contributed by atoms with E-state index in [1.165, 1.54) is 10.5 Å². The first-order valence-electron chi connectivity index (χ1n) is 7.39. The third-order valence-corrected chi connectivity index (χ3v) is 3.53. The molecule has 2 rings (SSSR count). The number of nitrogens with one attached hydrogen (secondary N) is 2. The predicted octanol–water partition coefficient (Wildman–Crippen LogP) is 1.60. The number of hydrogen-bond acceptors (Lipinski definition) is 2. The van der Waals surface area contributed by atoms with Crippen LogP contribution >= 0.6 is 0 Å². The highest BCUT2D eigenvalue weighted by molar-refractivity contribution is 5.92. The Kier molecular flexibility index (Phi) is 5.70. The van der Waals surface area contributed by atoms with E-state index in [2.05, 4.69) is 30.4 Å². The summed E-state index contributed by atoms with van der Waals surface area (Å²) in [5.41, 5.74) is 2.27. The van der Waals surface area contributed by atoms with Crippen molar-refractivity contribution >= 4 is 11.6 Å². The Balaban J connectivity index is 1.96. The smallest absolute Gasteiger partial charge is 0.279 e. The molecule has 0 radical (unpaired) electrons. The quantitative estimate of drug-likeness (QED) is 0.850. The fourth-order valence-corrected chi connectivity index (χ4v) is 2.31. The Bertz CT molecular complexity index is 662. The number of benzene rings is 2. The summed E-state index contributed by atoms with van der Waals surface area (Å²) in [6, 6.07) is 19.3. The number of likely N-dealkylation sites (N-methyl/N-ethyl adjacent to an activating group) is 1. The highest BCUT2D eigenvalue weighted by Gasteiger charge is 2.14. The van der Waals surface area contributed by atoms with E-state index in [1.807, 2.05) is 24.3 Å². The minimum absolute atomic E-state index is 0.0736. The van der Waals surface area contributed by atoms with Gasteiger partial charge in [-0.25, -0.2) is 0 Å². The molecule has 0 aliphatic heterocycles. The Morgan fingerprint density at radius 3 is 2.50 bits per heavy atom. The third-order valence-electron chi connectivity index (χ3n) is 3.53. The monoisotopic (exact) mass is 294 g/mol. The van der Waals surface area contributed by atoms with E-state index in [9.17, 15) is 4.79 Å². The lowest BCUT2D eigenvalue weighted by Crippen LogP contribution is -3.11. The first-order valence-corrected chi connectivity index (χ1v) is 7.39. The molecule has 4 nitrogen and oxygen atoms in total. The van der Waals surface area contributed by atoms with Crippen molar-refractivity contribution in [1.29, 1.82) is 5.26 Å². The fourth-order valence-electron chi connectivity index (χ4n) is 2.31. The minimum Gasteiger partial charge on any atom is -0.324 e. The molecule has 0 aromatic heterocycles. The van der Waals surface area contributed by atoms with Gasteiger partial charge in [0.05, 0.1) is 17.8 Å². The Morgan fingerprint density at radius 2 is 1.82 bits per heavy atom. The highest BCUT2D eigenvalue weighted by atomic mass is 16.2. The molecule has 0 aliphatic rings. The summed E-state index contributed by atoms with van der Waals surface area (Å²) in [4.78, 5) is 13.4. The van der Waals surface area contributed by atoms with Gasteiger partial charge in [0.25, 0.3) is 5.91 Å².